The lowest BCUT2D eigenvalue weighted by molar-refractivity contribution is -0.137. The largest absolute Gasteiger partial charge is 0.416 e. The molecule has 1 atom stereocenters. The van der Waals surface area contributed by atoms with Crippen LogP contribution in [-0.4, -0.2) is 65.9 Å². The van der Waals surface area contributed by atoms with Crippen LogP contribution in [0.1, 0.15) is 60.6 Å². The van der Waals surface area contributed by atoms with E-state index in [0.717, 1.165) is 56.8 Å². The van der Waals surface area contributed by atoms with Crippen molar-refractivity contribution in [1.82, 2.24) is 14.7 Å². The van der Waals surface area contributed by atoms with E-state index in [-0.39, 0.29) is 5.91 Å². The van der Waals surface area contributed by atoms with Gasteiger partial charge in [0.25, 0.3) is 5.91 Å². The molecule has 210 valence electrons. The van der Waals surface area contributed by atoms with Crippen LogP contribution in [0.5, 0.6) is 0 Å². The molecular formula is C30H35ClF3N3OS. The molecule has 2 aromatic rings. The van der Waals surface area contributed by atoms with Crippen molar-refractivity contribution in [2.75, 3.05) is 39.3 Å². The van der Waals surface area contributed by atoms with E-state index in [0.29, 0.717) is 22.0 Å². The molecule has 2 aliphatic heterocycles. The predicted octanol–water partition coefficient (Wildman–Crippen LogP) is 7.31. The number of carbonyl (C=O) groups excluding carboxylic acids is 1. The maximum absolute atomic E-state index is 13.5. The van der Waals surface area contributed by atoms with E-state index in [2.05, 4.69) is 9.80 Å². The van der Waals surface area contributed by atoms with Gasteiger partial charge in [-0.25, -0.2) is 0 Å². The lowest BCUT2D eigenvalue weighted by Gasteiger charge is -2.41. The molecule has 0 spiro atoms. The van der Waals surface area contributed by atoms with Crippen LogP contribution < -0.4 is 0 Å². The Morgan fingerprint density at radius 1 is 0.949 bits per heavy atom. The Bertz CT molecular complexity index is 1180. The summed E-state index contributed by atoms with van der Waals surface area (Å²) in [5.41, 5.74) is 0.578. The van der Waals surface area contributed by atoms with Gasteiger partial charge in [0, 0.05) is 43.8 Å². The molecule has 1 unspecified atom stereocenters. The molecule has 5 rings (SSSR count). The maximum atomic E-state index is 13.5. The molecule has 3 aliphatic rings. The topological polar surface area (TPSA) is 26.8 Å². The molecule has 1 amide bonds. The van der Waals surface area contributed by atoms with E-state index in [9.17, 15) is 18.0 Å². The number of piperazine rings is 1. The molecule has 1 saturated carbocycles. The zero-order chi connectivity index (χ0) is 27.4. The summed E-state index contributed by atoms with van der Waals surface area (Å²) in [5, 5.41) is 0.0584. The highest BCUT2D eigenvalue weighted by atomic mass is 35.5. The Balaban J connectivity index is 1.26. The first-order valence-corrected chi connectivity index (χ1v) is 15.1. The summed E-state index contributed by atoms with van der Waals surface area (Å²) in [4.78, 5) is 20.9. The Labute approximate surface area is 238 Å². The van der Waals surface area contributed by atoms with E-state index >= 15 is 0 Å². The first-order valence-electron chi connectivity index (χ1n) is 13.9. The van der Waals surface area contributed by atoms with Gasteiger partial charge in [-0.3, -0.25) is 9.69 Å². The molecule has 0 bridgehead atoms. The summed E-state index contributed by atoms with van der Waals surface area (Å²) in [6, 6.07) is 13.3. The highest BCUT2D eigenvalue weighted by Gasteiger charge is 2.38. The minimum Gasteiger partial charge on any atom is -0.322 e. The second-order valence-corrected chi connectivity index (χ2v) is 12.2. The lowest BCUT2D eigenvalue weighted by atomic mass is 9.94. The first-order chi connectivity index (χ1) is 18.8. The number of hydrogen-bond donors (Lipinski definition) is 0. The summed E-state index contributed by atoms with van der Waals surface area (Å²) >= 11 is 7.44. The van der Waals surface area contributed by atoms with Crippen molar-refractivity contribution in [2.24, 2.45) is 0 Å². The van der Waals surface area contributed by atoms with Crippen LogP contribution in [0.15, 0.2) is 53.4 Å². The monoisotopic (exact) mass is 577 g/mol. The average molecular weight is 578 g/mol. The normalized spacial score (nSPS) is 23.2. The first kappa shape index (κ1) is 28.5. The summed E-state index contributed by atoms with van der Waals surface area (Å²) in [5.74, 6) is -0.149. The molecule has 3 fully saturated rings. The number of nitrogens with zero attached hydrogens (tertiary/aromatic N) is 3. The van der Waals surface area contributed by atoms with Gasteiger partial charge in [0.15, 0.2) is 0 Å². The molecule has 4 nitrogen and oxygen atoms in total. The molecule has 1 aliphatic carbocycles. The second kappa shape index (κ2) is 12.7. The number of rotatable bonds is 7. The van der Waals surface area contributed by atoms with Crippen LogP contribution in [0.2, 0.25) is 5.02 Å². The minimum absolute atomic E-state index is 0.149. The van der Waals surface area contributed by atoms with Crippen molar-refractivity contribution in [2.45, 2.75) is 56.1 Å². The number of hydrogen-bond acceptors (Lipinski definition) is 4. The quantitative estimate of drug-likeness (QED) is 0.322. The number of halogens is 4. The highest BCUT2D eigenvalue weighted by molar-refractivity contribution is 8.04. The van der Waals surface area contributed by atoms with Gasteiger partial charge in [0.05, 0.1) is 10.5 Å². The van der Waals surface area contributed by atoms with Crippen molar-refractivity contribution < 1.29 is 18.0 Å². The zero-order valence-electron chi connectivity index (χ0n) is 22.0. The SMILES string of the molecule is O=C1C(=Cc2cccc(Cl)c2)SC(c2cccc(C(F)(F)F)c2)N1CCCN1CCN(C2CCCCC2)CC1. The molecule has 2 aromatic carbocycles. The Morgan fingerprint density at radius 3 is 2.41 bits per heavy atom. The number of benzene rings is 2. The Hall–Kier alpha value is -2.00. The summed E-state index contributed by atoms with van der Waals surface area (Å²) in [7, 11) is 0. The van der Waals surface area contributed by atoms with Gasteiger partial charge in [-0.2, -0.15) is 13.2 Å². The molecule has 2 heterocycles. The molecule has 0 radical (unpaired) electrons. The van der Waals surface area contributed by atoms with Crippen LogP contribution in [0, 0.1) is 0 Å². The fourth-order valence-corrected chi connectivity index (χ4v) is 7.40. The fourth-order valence-electron chi connectivity index (χ4n) is 5.92. The minimum atomic E-state index is -4.44. The number of carbonyl (C=O) groups is 1. The molecular weight excluding hydrogens is 543 g/mol. The van der Waals surface area contributed by atoms with Gasteiger partial charge >= 0.3 is 6.18 Å². The lowest BCUT2D eigenvalue weighted by Crippen LogP contribution is -2.51. The molecule has 39 heavy (non-hydrogen) atoms. The van der Waals surface area contributed by atoms with E-state index < -0.39 is 17.1 Å². The third-order valence-corrected chi connectivity index (χ3v) is 9.54. The molecule has 2 saturated heterocycles. The van der Waals surface area contributed by atoms with Gasteiger partial charge in [-0.15, -0.1) is 0 Å². The standard InChI is InChI=1S/C30H35ClF3N3OS/c31-25-10-4-7-22(19-25)20-27-28(38)37(29(39-27)23-8-5-9-24(21-23)30(32,33)34)14-6-13-35-15-17-36(18-16-35)26-11-2-1-3-12-26/h4-5,7-10,19-21,26,29H,1-3,6,11-18H2. The molecule has 0 N–H and O–H groups in total. The van der Waals surface area contributed by atoms with E-state index in [1.54, 1.807) is 29.2 Å². The Morgan fingerprint density at radius 2 is 1.69 bits per heavy atom. The van der Waals surface area contributed by atoms with Gasteiger partial charge in [-0.05, 0) is 67.3 Å². The molecule has 0 aromatic heterocycles. The van der Waals surface area contributed by atoms with Gasteiger partial charge in [0.1, 0.15) is 5.37 Å². The second-order valence-electron chi connectivity index (χ2n) is 10.7. The predicted molar refractivity (Wildman–Crippen MR) is 152 cm³/mol. The van der Waals surface area contributed by atoms with Crippen molar-refractivity contribution in [1.29, 1.82) is 0 Å². The Kier molecular flexibility index (Phi) is 9.27. The maximum Gasteiger partial charge on any atom is 0.416 e. The number of alkyl halides is 3. The molecule has 9 heteroatoms. The van der Waals surface area contributed by atoms with Crippen LogP contribution in [0.3, 0.4) is 0 Å². The van der Waals surface area contributed by atoms with Crippen molar-refractivity contribution in [3.63, 3.8) is 0 Å². The smallest absolute Gasteiger partial charge is 0.322 e. The highest BCUT2D eigenvalue weighted by Crippen LogP contribution is 2.47. The fraction of sp³-hybridized carbons (Fsp3) is 0.500. The van der Waals surface area contributed by atoms with E-state index in [1.165, 1.54) is 56.0 Å². The van der Waals surface area contributed by atoms with Crippen LogP contribution in [0.25, 0.3) is 6.08 Å². The third-order valence-electron chi connectivity index (χ3n) is 8.01. The third kappa shape index (κ3) is 7.20. The average Bonchev–Trinajstić information content (AvgIpc) is 3.24. The van der Waals surface area contributed by atoms with Gasteiger partial charge in [-0.1, -0.05) is 66.9 Å². The van der Waals surface area contributed by atoms with E-state index in [4.69, 9.17) is 11.6 Å². The van der Waals surface area contributed by atoms with Crippen molar-refractivity contribution in [3.8, 4) is 0 Å². The van der Waals surface area contributed by atoms with E-state index in [1.807, 2.05) is 12.1 Å². The van der Waals surface area contributed by atoms with Crippen molar-refractivity contribution in [3.05, 3.63) is 75.1 Å². The zero-order valence-corrected chi connectivity index (χ0v) is 23.6. The summed E-state index contributed by atoms with van der Waals surface area (Å²) in [6.07, 6.45) is 4.79. The number of thioether (sulfide) groups is 1. The van der Waals surface area contributed by atoms with Crippen molar-refractivity contribution >= 4 is 35.3 Å². The van der Waals surface area contributed by atoms with Gasteiger partial charge < -0.3 is 9.80 Å². The number of amides is 1. The van der Waals surface area contributed by atoms with Crippen LogP contribution >= 0.6 is 23.4 Å². The summed E-state index contributed by atoms with van der Waals surface area (Å²) < 4.78 is 40.4. The van der Waals surface area contributed by atoms with Crippen LogP contribution in [-0.2, 0) is 11.0 Å². The summed E-state index contributed by atoms with van der Waals surface area (Å²) in [6.45, 7) is 5.58. The van der Waals surface area contributed by atoms with Crippen LogP contribution in [0.4, 0.5) is 13.2 Å². The van der Waals surface area contributed by atoms with Gasteiger partial charge in [0.2, 0.25) is 0 Å².